The van der Waals surface area contributed by atoms with Crippen LogP contribution in [0.4, 0.5) is 11.4 Å². The molecular formula is C20H26N2. The Labute approximate surface area is 133 Å². The molecule has 2 aromatic carbocycles. The normalized spacial score (nSPS) is 19.6. The summed E-state index contributed by atoms with van der Waals surface area (Å²) in [5.41, 5.74) is 2.88. The molecule has 0 N–H and O–H groups in total. The van der Waals surface area contributed by atoms with Crippen molar-refractivity contribution < 1.29 is 0 Å². The highest BCUT2D eigenvalue weighted by molar-refractivity contribution is 6.02. The zero-order valence-electron chi connectivity index (χ0n) is 13.4. The summed E-state index contributed by atoms with van der Waals surface area (Å²) in [5, 5.41) is 2.87. The Morgan fingerprint density at radius 3 is 1.32 bits per heavy atom. The van der Waals surface area contributed by atoms with E-state index in [9.17, 15) is 0 Å². The van der Waals surface area contributed by atoms with Crippen LogP contribution in [-0.2, 0) is 0 Å². The molecule has 2 saturated heterocycles. The molecule has 0 amide bonds. The minimum Gasteiger partial charge on any atom is -0.371 e. The standard InChI is InChI=1S/C20H26N2/c1-5-13-21(14-6-1)19-11-12-20(22-15-7-2-8-16-22)18-10-4-3-9-17(18)19/h3-4,9-12H,1-2,5-8,13-16H2. The second-order valence-corrected chi connectivity index (χ2v) is 6.74. The molecule has 2 nitrogen and oxygen atoms in total. The molecule has 0 bridgehead atoms. The third-order valence-electron chi connectivity index (χ3n) is 5.27. The molecule has 0 atom stereocenters. The Morgan fingerprint density at radius 1 is 0.500 bits per heavy atom. The van der Waals surface area contributed by atoms with Crippen molar-refractivity contribution in [2.45, 2.75) is 38.5 Å². The highest BCUT2D eigenvalue weighted by Crippen LogP contribution is 2.36. The van der Waals surface area contributed by atoms with Crippen molar-refractivity contribution in [3.63, 3.8) is 0 Å². The maximum atomic E-state index is 2.59. The van der Waals surface area contributed by atoms with Crippen molar-refractivity contribution in [3.05, 3.63) is 36.4 Å². The topological polar surface area (TPSA) is 6.48 Å². The fourth-order valence-electron chi connectivity index (χ4n) is 4.09. The van der Waals surface area contributed by atoms with Gasteiger partial charge in [-0.25, -0.2) is 0 Å². The number of rotatable bonds is 2. The van der Waals surface area contributed by atoms with Gasteiger partial charge in [-0.05, 0) is 50.7 Å². The smallest absolute Gasteiger partial charge is 0.0447 e. The molecule has 0 radical (unpaired) electrons. The van der Waals surface area contributed by atoms with Crippen molar-refractivity contribution in [1.29, 1.82) is 0 Å². The van der Waals surface area contributed by atoms with Gasteiger partial charge in [0.25, 0.3) is 0 Å². The quantitative estimate of drug-likeness (QED) is 0.783. The average Bonchev–Trinajstić information content (AvgIpc) is 2.62. The first-order valence-electron chi connectivity index (χ1n) is 8.95. The zero-order chi connectivity index (χ0) is 14.8. The molecule has 2 heterocycles. The van der Waals surface area contributed by atoms with Crippen LogP contribution < -0.4 is 9.80 Å². The number of fused-ring (bicyclic) bond motifs is 1. The van der Waals surface area contributed by atoms with E-state index in [2.05, 4.69) is 46.2 Å². The summed E-state index contributed by atoms with van der Waals surface area (Å²) in [5.74, 6) is 0. The molecule has 0 aliphatic carbocycles. The second kappa shape index (κ2) is 6.20. The van der Waals surface area contributed by atoms with Crippen LogP contribution in [0.3, 0.4) is 0 Å². The molecule has 2 aliphatic heterocycles. The van der Waals surface area contributed by atoms with Gasteiger partial charge in [-0.1, -0.05) is 24.3 Å². The molecule has 116 valence electrons. The van der Waals surface area contributed by atoms with Crippen LogP contribution in [0.2, 0.25) is 0 Å². The number of piperidine rings is 2. The van der Waals surface area contributed by atoms with Gasteiger partial charge in [-0.15, -0.1) is 0 Å². The molecule has 4 rings (SSSR count). The van der Waals surface area contributed by atoms with Crippen molar-refractivity contribution in [2.75, 3.05) is 36.0 Å². The largest absolute Gasteiger partial charge is 0.371 e. The predicted molar refractivity (Wildman–Crippen MR) is 96.1 cm³/mol. The Kier molecular flexibility index (Phi) is 3.92. The van der Waals surface area contributed by atoms with E-state index in [-0.39, 0.29) is 0 Å². The fourth-order valence-corrected chi connectivity index (χ4v) is 4.09. The zero-order valence-corrected chi connectivity index (χ0v) is 13.4. The van der Waals surface area contributed by atoms with Gasteiger partial charge in [0.05, 0.1) is 0 Å². The fraction of sp³-hybridized carbons (Fsp3) is 0.500. The number of hydrogen-bond donors (Lipinski definition) is 0. The van der Waals surface area contributed by atoms with Gasteiger partial charge in [-0.3, -0.25) is 0 Å². The van der Waals surface area contributed by atoms with E-state index in [0.717, 1.165) is 0 Å². The molecule has 2 fully saturated rings. The van der Waals surface area contributed by atoms with Crippen LogP contribution in [0, 0.1) is 0 Å². The molecular weight excluding hydrogens is 268 g/mol. The van der Waals surface area contributed by atoms with Crippen LogP contribution in [0.1, 0.15) is 38.5 Å². The van der Waals surface area contributed by atoms with Gasteiger partial charge in [-0.2, -0.15) is 0 Å². The lowest BCUT2D eigenvalue weighted by atomic mass is 10.0. The summed E-state index contributed by atoms with van der Waals surface area (Å²) in [6.07, 6.45) is 8.12. The Balaban J connectivity index is 1.77. The lowest BCUT2D eigenvalue weighted by Gasteiger charge is -2.33. The predicted octanol–water partition coefficient (Wildman–Crippen LogP) is 4.82. The second-order valence-electron chi connectivity index (χ2n) is 6.74. The summed E-state index contributed by atoms with van der Waals surface area (Å²) in [4.78, 5) is 5.18. The van der Waals surface area contributed by atoms with Crippen molar-refractivity contribution in [2.24, 2.45) is 0 Å². The van der Waals surface area contributed by atoms with Crippen molar-refractivity contribution in [3.8, 4) is 0 Å². The van der Waals surface area contributed by atoms with Gasteiger partial charge < -0.3 is 9.80 Å². The highest BCUT2D eigenvalue weighted by Gasteiger charge is 2.18. The van der Waals surface area contributed by atoms with Gasteiger partial charge in [0.2, 0.25) is 0 Å². The SMILES string of the molecule is c1ccc2c(N3CCCCC3)ccc(N3CCCCC3)c2c1. The molecule has 2 heteroatoms. The van der Waals surface area contributed by atoms with Gasteiger partial charge in [0.1, 0.15) is 0 Å². The molecule has 22 heavy (non-hydrogen) atoms. The van der Waals surface area contributed by atoms with Crippen LogP contribution in [0.5, 0.6) is 0 Å². The van der Waals surface area contributed by atoms with Gasteiger partial charge in [0.15, 0.2) is 0 Å². The third kappa shape index (κ3) is 2.55. The first kappa shape index (κ1) is 13.9. The molecule has 0 spiro atoms. The Morgan fingerprint density at radius 2 is 0.909 bits per heavy atom. The molecule has 2 aliphatic rings. The van der Waals surface area contributed by atoms with Gasteiger partial charge >= 0.3 is 0 Å². The molecule has 0 unspecified atom stereocenters. The summed E-state index contributed by atoms with van der Waals surface area (Å²) >= 11 is 0. The van der Waals surface area contributed by atoms with Gasteiger partial charge in [0, 0.05) is 48.3 Å². The highest BCUT2D eigenvalue weighted by atomic mass is 15.1. The summed E-state index contributed by atoms with van der Waals surface area (Å²) < 4.78 is 0. The Hall–Kier alpha value is -1.70. The summed E-state index contributed by atoms with van der Waals surface area (Å²) in [6, 6.07) is 13.8. The number of benzene rings is 2. The number of nitrogens with zero attached hydrogens (tertiary/aromatic N) is 2. The van der Waals surface area contributed by atoms with Crippen molar-refractivity contribution in [1.82, 2.24) is 0 Å². The minimum atomic E-state index is 1.22. The first-order valence-corrected chi connectivity index (χ1v) is 8.95. The summed E-state index contributed by atoms with van der Waals surface area (Å²) in [6.45, 7) is 4.86. The lowest BCUT2D eigenvalue weighted by Crippen LogP contribution is -2.31. The maximum Gasteiger partial charge on any atom is 0.0447 e. The van der Waals surface area contributed by atoms with Crippen LogP contribution in [-0.4, -0.2) is 26.2 Å². The van der Waals surface area contributed by atoms with Crippen LogP contribution in [0.15, 0.2) is 36.4 Å². The Bertz CT molecular complexity index is 581. The van der Waals surface area contributed by atoms with E-state index in [0.29, 0.717) is 0 Å². The van der Waals surface area contributed by atoms with E-state index in [1.165, 1.54) is 86.9 Å². The lowest BCUT2D eigenvalue weighted by molar-refractivity contribution is 0.577. The number of anilines is 2. The van der Waals surface area contributed by atoms with E-state index < -0.39 is 0 Å². The van der Waals surface area contributed by atoms with E-state index in [1.807, 2.05) is 0 Å². The number of hydrogen-bond acceptors (Lipinski definition) is 2. The van der Waals surface area contributed by atoms with Crippen LogP contribution in [0.25, 0.3) is 10.8 Å². The van der Waals surface area contributed by atoms with E-state index in [4.69, 9.17) is 0 Å². The monoisotopic (exact) mass is 294 g/mol. The first-order chi connectivity index (χ1) is 10.9. The molecule has 2 aromatic rings. The van der Waals surface area contributed by atoms with E-state index >= 15 is 0 Å². The maximum absolute atomic E-state index is 2.59. The van der Waals surface area contributed by atoms with Crippen molar-refractivity contribution >= 4 is 22.1 Å². The molecule has 0 saturated carbocycles. The summed E-state index contributed by atoms with van der Waals surface area (Å²) in [7, 11) is 0. The van der Waals surface area contributed by atoms with Crippen LogP contribution >= 0.6 is 0 Å². The average molecular weight is 294 g/mol. The van der Waals surface area contributed by atoms with E-state index in [1.54, 1.807) is 0 Å². The molecule has 0 aromatic heterocycles. The third-order valence-corrected chi connectivity index (χ3v) is 5.27. The minimum absolute atomic E-state index is 1.22.